The highest BCUT2D eigenvalue weighted by molar-refractivity contribution is 5.76. The molecule has 3 heteroatoms. The molecule has 0 unspecified atom stereocenters. The van der Waals surface area contributed by atoms with E-state index in [1.54, 1.807) is 7.11 Å². The van der Waals surface area contributed by atoms with Crippen LogP contribution in [0.1, 0.15) is 41.9 Å². The number of aryl methyl sites for hydroxylation is 2. The Morgan fingerprint density at radius 1 is 1.17 bits per heavy atom. The summed E-state index contributed by atoms with van der Waals surface area (Å²) in [4.78, 5) is 12.2. The van der Waals surface area contributed by atoms with Crippen molar-refractivity contribution in [2.45, 2.75) is 38.0 Å². The minimum Gasteiger partial charge on any atom is -0.497 e. The molecule has 1 aliphatic carbocycles. The Morgan fingerprint density at radius 3 is 2.75 bits per heavy atom. The molecule has 0 aliphatic heterocycles. The number of rotatable bonds is 6. The van der Waals surface area contributed by atoms with Crippen LogP contribution in [0, 0.1) is 0 Å². The predicted octanol–water partition coefficient (Wildman–Crippen LogP) is 3.86. The van der Waals surface area contributed by atoms with E-state index in [1.807, 2.05) is 24.3 Å². The van der Waals surface area contributed by atoms with E-state index in [4.69, 9.17) is 4.74 Å². The van der Waals surface area contributed by atoms with Crippen LogP contribution in [0.2, 0.25) is 0 Å². The molecule has 3 nitrogen and oxygen atoms in total. The number of amides is 1. The van der Waals surface area contributed by atoms with Crippen LogP contribution >= 0.6 is 0 Å². The quantitative estimate of drug-likeness (QED) is 0.876. The summed E-state index contributed by atoms with van der Waals surface area (Å²) >= 11 is 0. The second-order valence-electron chi connectivity index (χ2n) is 6.44. The lowest BCUT2D eigenvalue weighted by atomic mass is 9.83. The average Bonchev–Trinajstić information content (AvgIpc) is 2.65. The zero-order valence-electron chi connectivity index (χ0n) is 14.3. The van der Waals surface area contributed by atoms with Crippen molar-refractivity contribution in [1.29, 1.82) is 0 Å². The maximum atomic E-state index is 12.2. The molecule has 0 radical (unpaired) electrons. The first-order chi connectivity index (χ1) is 11.8. The van der Waals surface area contributed by atoms with Crippen LogP contribution in [-0.4, -0.2) is 19.6 Å². The van der Waals surface area contributed by atoms with Crippen LogP contribution in [0.4, 0.5) is 0 Å². The van der Waals surface area contributed by atoms with E-state index in [0.717, 1.165) is 37.1 Å². The number of ether oxygens (including phenoxy) is 1. The lowest BCUT2D eigenvalue weighted by Gasteiger charge is -2.25. The summed E-state index contributed by atoms with van der Waals surface area (Å²) in [6.07, 6.45) is 4.83. The highest BCUT2D eigenvalue weighted by Crippen LogP contribution is 2.30. The second-order valence-corrected chi connectivity index (χ2v) is 6.44. The van der Waals surface area contributed by atoms with Gasteiger partial charge in [0, 0.05) is 18.9 Å². The van der Waals surface area contributed by atoms with Gasteiger partial charge < -0.3 is 10.1 Å². The second kappa shape index (κ2) is 8.00. The van der Waals surface area contributed by atoms with Gasteiger partial charge >= 0.3 is 0 Å². The van der Waals surface area contributed by atoms with E-state index >= 15 is 0 Å². The molecule has 2 aromatic rings. The molecule has 0 bridgehead atoms. The van der Waals surface area contributed by atoms with Gasteiger partial charge in [0.05, 0.1) is 7.11 Å². The fourth-order valence-electron chi connectivity index (χ4n) is 3.44. The maximum Gasteiger partial charge on any atom is 0.220 e. The zero-order chi connectivity index (χ0) is 16.8. The Morgan fingerprint density at radius 2 is 1.96 bits per heavy atom. The molecule has 0 spiro atoms. The van der Waals surface area contributed by atoms with Gasteiger partial charge in [0.1, 0.15) is 5.75 Å². The van der Waals surface area contributed by atoms with Gasteiger partial charge in [0.25, 0.3) is 0 Å². The number of methoxy groups -OCH3 is 1. The van der Waals surface area contributed by atoms with E-state index < -0.39 is 0 Å². The number of nitrogens with one attached hydrogen (secondary N) is 1. The summed E-state index contributed by atoms with van der Waals surface area (Å²) in [6, 6.07) is 16.5. The summed E-state index contributed by atoms with van der Waals surface area (Å²) in [6.45, 7) is 0.748. The van der Waals surface area contributed by atoms with Crippen molar-refractivity contribution in [2.24, 2.45) is 0 Å². The Labute approximate surface area is 144 Å². The topological polar surface area (TPSA) is 38.3 Å². The number of hydrogen-bond donors (Lipinski definition) is 1. The van der Waals surface area contributed by atoms with Crippen molar-refractivity contribution in [3.8, 4) is 5.75 Å². The molecule has 0 aromatic heterocycles. The maximum absolute atomic E-state index is 12.2. The van der Waals surface area contributed by atoms with E-state index in [0.29, 0.717) is 12.3 Å². The SMILES string of the molecule is COc1ccc(CCC(=O)NC[C@H]2CCCc3ccccc32)cc1. The van der Waals surface area contributed by atoms with Gasteiger partial charge in [0.2, 0.25) is 5.91 Å². The standard InChI is InChI=1S/C21H25NO2/c1-24-19-12-9-16(10-13-19)11-14-21(23)22-15-18-7-4-6-17-5-2-3-8-20(17)18/h2-3,5,8-10,12-13,18H,4,6-7,11,14-15H2,1H3,(H,22,23)/t18-/m1/s1. The number of fused-ring (bicyclic) bond motifs is 1. The Balaban J connectivity index is 1.47. The number of benzene rings is 2. The molecule has 24 heavy (non-hydrogen) atoms. The first-order valence-corrected chi connectivity index (χ1v) is 8.73. The predicted molar refractivity (Wildman–Crippen MR) is 96.4 cm³/mol. The minimum atomic E-state index is 0.133. The van der Waals surface area contributed by atoms with E-state index in [2.05, 4.69) is 29.6 Å². The Bertz CT molecular complexity index is 678. The first kappa shape index (κ1) is 16.6. The highest BCUT2D eigenvalue weighted by atomic mass is 16.5. The van der Waals surface area contributed by atoms with Crippen LogP contribution < -0.4 is 10.1 Å². The van der Waals surface area contributed by atoms with E-state index in [-0.39, 0.29) is 5.91 Å². The molecule has 1 N–H and O–H groups in total. The van der Waals surface area contributed by atoms with E-state index in [1.165, 1.54) is 17.5 Å². The minimum absolute atomic E-state index is 0.133. The summed E-state index contributed by atoms with van der Waals surface area (Å²) < 4.78 is 5.15. The number of hydrogen-bond acceptors (Lipinski definition) is 2. The summed E-state index contributed by atoms with van der Waals surface area (Å²) in [5, 5.41) is 3.12. The third-order valence-corrected chi connectivity index (χ3v) is 4.84. The smallest absolute Gasteiger partial charge is 0.220 e. The molecule has 0 saturated heterocycles. The van der Waals surface area contributed by atoms with Gasteiger partial charge in [-0.25, -0.2) is 0 Å². The normalized spacial score (nSPS) is 16.3. The van der Waals surface area contributed by atoms with Crippen LogP contribution in [0.25, 0.3) is 0 Å². The highest BCUT2D eigenvalue weighted by Gasteiger charge is 2.20. The fourth-order valence-corrected chi connectivity index (χ4v) is 3.44. The van der Waals surface area contributed by atoms with Gasteiger partial charge in [-0.05, 0) is 54.5 Å². The van der Waals surface area contributed by atoms with Gasteiger partial charge in [0.15, 0.2) is 0 Å². The van der Waals surface area contributed by atoms with Crippen molar-refractivity contribution in [3.05, 3.63) is 65.2 Å². The van der Waals surface area contributed by atoms with Crippen LogP contribution in [-0.2, 0) is 17.6 Å². The Kier molecular flexibility index (Phi) is 5.52. The molecule has 1 atom stereocenters. The van der Waals surface area contributed by atoms with Gasteiger partial charge in [-0.3, -0.25) is 4.79 Å². The van der Waals surface area contributed by atoms with Crippen LogP contribution in [0.15, 0.2) is 48.5 Å². The lowest BCUT2D eigenvalue weighted by molar-refractivity contribution is -0.121. The lowest BCUT2D eigenvalue weighted by Crippen LogP contribution is -2.30. The molecule has 0 saturated carbocycles. The molecule has 1 amide bonds. The van der Waals surface area contributed by atoms with Gasteiger partial charge in [-0.2, -0.15) is 0 Å². The van der Waals surface area contributed by atoms with Crippen molar-refractivity contribution in [1.82, 2.24) is 5.32 Å². The first-order valence-electron chi connectivity index (χ1n) is 8.73. The molecule has 2 aromatic carbocycles. The zero-order valence-corrected chi connectivity index (χ0v) is 14.3. The largest absolute Gasteiger partial charge is 0.497 e. The molecular weight excluding hydrogens is 298 g/mol. The monoisotopic (exact) mass is 323 g/mol. The fraction of sp³-hybridized carbons (Fsp3) is 0.381. The van der Waals surface area contributed by atoms with Crippen molar-refractivity contribution in [2.75, 3.05) is 13.7 Å². The van der Waals surface area contributed by atoms with E-state index in [9.17, 15) is 4.79 Å². The Hall–Kier alpha value is -2.29. The molecule has 126 valence electrons. The van der Waals surface area contributed by atoms with Crippen LogP contribution in [0.3, 0.4) is 0 Å². The summed E-state index contributed by atoms with van der Waals surface area (Å²) in [7, 11) is 1.66. The average molecular weight is 323 g/mol. The molecular formula is C21H25NO2. The summed E-state index contributed by atoms with van der Waals surface area (Å²) in [5.41, 5.74) is 4.02. The molecule has 3 rings (SSSR count). The van der Waals surface area contributed by atoms with Crippen molar-refractivity contribution < 1.29 is 9.53 Å². The van der Waals surface area contributed by atoms with Gasteiger partial charge in [-0.1, -0.05) is 36.4 Å². The third kappa shape index (κ3) is 4.16. The van der Waals surface area contributed by atoms with Crippen molar-refractivity contribution in [3.63, 3.8) is 0 Å². The summed E-state index contributed by atoms with van der Waals surface area (Å²) in [5.74, 6) is 1.44. The number of carbonyl (C=O) groups is 1. The molecule has 1 aliphatic rings. The number of carbonyl (C=O) groups excluding carboxylic acids is 1. The molecule has 0 fully saturated rings. The van der Waals surface area contributed by atoms with Gasteiger partial charge in [-0.15, -0.1) is 0 Å². The molecule has 0 heterocycles. The van der Waals surface area contributed by atoms with Crippen molar-refractivity contribution >= 4 is 5.91 Å². The van der Waals surface area contributed by atoms with Crippen LogP contribution in [0.5, 0.6) is 5.75 Å². The third-order valence-electron chi connectivity index (χ3n) is 4.84.